The summed E-state index contributed by atoms with van der Waals surface area (Å²) in [5, 5.41) is 8.96. The Morgan fingerprint density at radius 3 is 1.07 bits per heavy atom. The molecule has 2 aliphatic carbocycles. The normalized spacial score (nSPS) is 16.6. The minimum absolute atomic E-state index is 0.0426. The van der Waals surface area contributed by atoms with Crippen LogP contribution in [0.15, 0.2) is 72.8 Å². The molecule has 0 N–H and O–H groups in total. The van der Waals surface area contributed by atoms with Crippen molar-refractivity contribution in [1.29, 1.82) is 0 Å². The second kappa shape index (κ2) is 7.86. The van der Waals surface area contributed by atoms with E-state index in [0.29, 0.717) is 0 Å². The molecule has 5 aromatic carbocycles. The molecule has 0 saturated carbocycles. The topological polar surface area (TPSA) is 0 Å². The van der Waals surface area contributed by atoms with Gasteiger partial charge < -0.3 is 0 Å². The lowest BCUT2D eigenvalue weighted by atomic mass is 9.79. The second-order valence-electron chi connectivity index (χ2n) is 15.5. The fraction of sp³-hybridized carbons (Fsp3) is 0.316. The molecule has 0 unspecified atom stereocenters. The number of fused-ring (bicyclic) bond motifs is 10. The highest BCUT2D eigenvalue weighted by Crippen LogP contribution is 2.58. The molecule has 0 bridgehead atoms. The van der Waals surface area contributed by atoms with Crippen LogP contribution in [0.5, 0.6) is 0 Å². The van der Waals surface area contributed by atoms with Crippen LogP contribution < -0.4 is 10.4 Å². The summed E-state index contributed by atoms with van der Waals surface area (Å²) in [4.78, 5) is 0. The van der Waals surface area contributed by atoms with E-state index < -0.39 is 16.1 Å². The summed E-state index contributed by atoms with van der Waals surface area (Å²) in [6.07, 6.45) is 0. The summed E-state index contributed by atoms with van der Waals surface area (Å²) in [6.45, 7) is 24.8. The zero-order chi connectivity index (χ0) is 28.6. The first-order chi connectivity index (χ1) is 18.6. The van der Waals surface area contributed by atoms with Gasteiger partial charge in [-0.15, -0.1) is 0 Å². The molecule has 0 amide bonds. The standard InChI is InChI=1S/C38H42Si2/c1-37(2)29-19-28-30(20-27(29)35-25-17-13-11-15-23(25)33(21-31(35)37)39(5,6)7)38(3,4)32-22-34(40(8,9)10)24-16-12-14-18-26(24)36(28)32/h11-22H,1-10H3. The van der Waals surface area contributed by atoms with Crippen LogP contribution in [-0.4, -0.2) is 16.1 Å². The van der Waals surface area contributed by atoms with Crippen molar-refractivity contribution < 1.29 is 0 Å². The lowest BCUT2D eigenvalue weighted by molar-refractivity contribution is 0.652. The predicted molar refractivity (Wildman–Crippen MR) is 183 cm³/mol. The molecule has 0 nitrogen and oxygen atoms in total. The molecule has 2 heteroatoms. The van der Waals surface area contributed by atoms with Crippen LogP contribution in [0.4, 0.5) is 0 Å². The van der Waals surface area contributed by atoms with Gasteiger partial charge in [0.15, 0.2) is 0 Å². The van der Waals surface area contributed by atoms with Crippen LogP contribution >= 0.6 is 0 Å². The molecule has 0 spiro atoms. The second-order valence-corrected chi connectivity index (χ2v) is 25.6. The van der Waals surface area contributed by atoms with E-state index in [4.69, 9.17) is 0 Å². The average Bonchev–Trinajstić information content (AvgIpc) is 3.25. The van der Waals surface area contributed by atoms with E-state index in [1.54, 1.807) is 10.4 Å². The average molecular weight is 555 g/mol. The maximum absolute atomic E-state index is 2.60. The monoisotopic (exact) mass is 554 g/mol. The smallest absolute Gasteiger partial charge is 0.0656 e. The Balaban J connectivity index is 1.59. The highest BCUT2D eigenvalue weighted by Gasteiger charge is 2.44. The van der Waals surface area contributed by atoms with Gasteiger partial charge in [-0.3, -0.25) is 0 Å². The molecule has 0 aliphatic heterocycles. The molecule has 40 heavy (non-hydrogen) atoms. The van der Waals surface area contributed by atoms with Gasteiger partial charge in [-0.2, -0.15) is 0 Å². The van der Waals surface area contributed by atoms with Crippen molar-refractivity contribution in [1.82, 2.24) is 0 Å². The van der Waals surface area contributed by atoms with E-state index in [1.165, 1.54) is 66.1 Å². The highest BCUT2D eigenvalue weighted by atomic mass is 28.3. The molecule has 0 fully saturated rings. The quantitative estimate of drug-likeness (QED) is 0.191. The van der Waals surface area contributed by atoms with Crippen molar-refractivity contribution in [3.8, 4) is 22.3 Å². The molecule has 0 atom stereocenters. The van der Waals surface area contributed by atoms with Gasteiger partial charge in [0.25, 0.3) is 0 Å². The third kappa shape index (κ3) is 3.30. The van der Waals surface area contributed by atoms with Gasteiger partial charge in [0.2, 0.25) is 0 Å². The van der Waals surface area contributed by atoms with E-state index in [2.05, 4.69) is 140 Å². The van der Waals surface area contributed by atoms with E-state index in [9.17, 15) is 0 Å². The maximum atomic E-state index is 2.60. The Kier molecular flexibility index (Phi) is 5.11. The van der Waals surface area contributed by atoms with Gasteiger partial charge in [-0.05, 0) is 78.2 Å². The molecule has 7 rings (SSSR count). The SMILES string of the molecule is CC1(C)c2cc3c(cc2-c2c1cc([Si](C)(C)C)c1ccccc21)C(C)(C)c1cc([Si](C)(C)C)c2ccccc2c1-3. The Morgan fingerprint density at radius 1 is 0.425 bits per heavy atom. The van der Waals surface area contributed by atoms with Crippen molar-refractivity contribution in [2.75, 3.05) is 0 Å². The van der Waals surface area contributed by atoms with E-state index in [0.717, 1.165) is 0 Å². The summed E-state index contributed by atoms with van der Waals surface area (Å²) in [5.74, 6) is 0. The van der Waals surface area contributed by atoms with E-state index in [1.807, 2.05) is 0 Å². The largest absolute Gasteiger partial charge is 0.0784 e. The molecule has 0 radical (unpaired) electrons. The predicted octanol–water partition coefficient (Wildman–Crippen LogP) is 9.70. The minimum Gasteiger partial charge on any atom is -0.0656 e. The minimum atomic E-state index is -1.54. The van der Waals surface area contributed by atoms with Crippen molar-refractivity contribution >= 4 is 48.1 Å². The summed E-state index contributed by atoms with van der Waals surface area (Å²) in [6, 6.07) is 28.8. The lowest BCUT2D eigenvalue weighted by Crippen LogP contribution is -2.39. The zero-order valence-electron chi connectivity index (χ0n) is 25.9. The first-order valence-electron chi connectivity index (χ1n) is 15.0. The molecular formula is C38H42Si2. The fourth-order valence-electron chi connectivity index (χ4n) is 7.90. The summed E-state index contributed by atoms with van der Waals surface area (Å²) in [5.41, 5.74) is 11.8. The van der Waals surface area contributed by atoms with Crippen LogP contribution in [-0.2, 0) is 10.8 Å². The number of hydrogen-bond acceptors (Lipinski definition) is 0. The van der Waals surface area contributed by atoms with Crippen LogP contribution in [0.3, 0.4) is 0 Å². The van der Waals surface area contributed by atoms with Crippen LogP contribution in [0.2, 0.25) is 39.3 Å². The van der Waals surface area contributed by atoms with Crippen LogP contribution in [0.25, 0.3) is 43.8 Å². The Morgan fingerprint density at radius 2 is 0.750 bits per heavy atom. The van der Waals surface area contributed by atoms with Gasteiger partial charge >= 0.3 is 0 Å². The summed E-state index contributed by atoms with van der Waals surface area (Å²) in [7, 11) is -3.09. The first kappa shape index (κ1) is 26.0. The fourth-order valence-corrected chi connectivity index (χ4v) is 11.1. The van der Waals surface area contributed by atoms with Crippen molar-refractivity contribution in [2.45, 2.75) is 77.8 Å². The number of hydrogen-bond donors (Lipinski definition) is 0. The maximum Gasteiger partial charge on any atom is 0.0784 e. The molecule has 0 aromatic heterocycles. The molecule has 5 aromatic rings. The zero-order valence-corrected chi connectivity index (χ0v) is 27.9. The number of benzene rings is 5. The molecule has 202 valence electrons. The van der Waals surface area contributed by atoms with Gasteiger partial charge in [-0.25, -0.2) is 0 Å². The molecule has 2 aliphatic rings. The Bertz CT molecular complexity index is 1760. The van der Waals surface area contributed by atoms with Gasteiger partial charge in [0.1, 0.15) is 0 Å². The molecule has 0 saturated heterocycles. The Hall–Kier alpha value is -2.95. The van der Waals surface area contributed by atoms with Crippen molar-refractivity contribution in [2.24, 2.45) is 0 Å². The Labute approximate surface area is 242 Å². The van der Waals surface area contributed by atoms with E-state index in [-0.39, 0.29) is 10.8 Å². The van der Waals surface area contributed by atoms with Crippen molar-refractivity contribution in [3.63, 3.8) is 0 Å². The van der Waals surface area contributed by atoms with E-state index >= 15 is 0 Å². The van der Waals surface area contributed by atoms with Gasteiger partial charge in [0, 0.05) is 10.8 Å². The third-order valence-electron chi connectivity index (χ3n) is 10.1. The number of rotatable bonds is 2. The van der Waals surface area contributed by atoms with Crippen LogP contribution in [0.1, 0.15) is 49.9 Å². The third-order valence-corrected chi connectivity index (χ3v) is 14.2. The molecule has 0 heterocycles. The summed E-state index contributed by atoms with van der Waals surface area (Å²) >= 11 is 0. The lowest BCUT2D eigenvalue weighted by Gasteiger charge is -2.26. The molecular weight excluding hydrogens is 513 g/mol. The van der Waals surface area contributed by atoms with Gasteiger partial charge in [0.05, 0.1) is 16.1 Å². The highest BCUT2D eigenvalue weighted by molar-refractivity contribution is 6.91. The van der Waals surface area contributed by atoms with Crippen LogP contribution in [0, 0.1) is 0 Å². The first-order valence-corrected chi connectivity index (χ1v) is 22.0. The summed E-state index contributed by atoms with van der Waals surface area (Å²) < 4.78 is 0. The van der Waals surface area contributed by atoms with Crippen molar-refractivity contribution in [3.05, 3.63) is 95.1 Å². The van der Waals surface area contributed by atoms with Gasteiger partial charge in [-0.1, -0.05) is 138 Å².